The first-order valence-electron chi connectivity index (χ1n) is 8.78. The zero-order chi connectivity index (χ0) is 19.3. The maximum Gasteiger partial charge on any atom is 0.235 e. The lowest BCUT2D eigenvalue weighted by Crippen LogP contribution is -2.54. The molecule has 1 aliphatic carbocycles. The van der Waals surface area contributed by atoms with Gasteiger partial charge in [0.1, 0.15) is 17.4 Å². The lowest BCUT2D eigenvalue weighted by atomic mass is 9.79. The number of amides is 1. The van der Waals surface area contributed by atoms with E-state index in [9.17, 15) is 9.18 Å². The molecule has 1 aromatic carbocycles. The Balaban J connectivity index is 1.77. The number of benzene rings is 1. The molecule has 0 spiro atoms. The molecule has 2 atom stereocenters. The summed E-state index contributed by atoms with van der Waals surface area (Å²) in [5.74, 6) is -0.205. The predicted molar refractivity (Wildman–Crippen MR) is 102 cm³/mol. The Morgan fingerprint density at radius 2 is 2.11 bits per heavy atom. The lowest BCUT2D eigenvalue weighted by Gasteiger charge is -2.40. The van der Waals surface area contributed by atoms with Crippen LogP contribution in [-0.2, 0) is 10.3 Å². The first kappa shape index (κ1) is 17.7. The van der Waals surface area contributed by atoms with Crippen LogP contribution in [0.4, 0.5) is 4.39 Å². The molecule has 1 aliphatic heterocycles. The van der Waals surface area contributed by atoms with Gasteiger partial charge in [-0.3, -0.25) is 9.69 Å². The Kier molecular flexibility index (Phi) is 4.04. The standard InChI is InChI=1S/C20H19FN4OS/c1-20(17(11-3-4-11)18(26)25(2)19(23)24-20)16-8-7-15(27-16)12-5-6-14(21)13(9-12)10-22/h5-9,11,17H,3-4H2,1-2H3,(H2,23,24)/t17-,20-/m1/s1. The Morgan fingerprint density at radius 3 is 2.78 bits per heavy atom. The number of aliphatic imine (C=N–C) groups is 1. The summed E-state index contributed by atoms with van der Waals surface area (Å²) in [5.41, 5.74) is 6.09. The minimum absolute atomic E-state index is 0.0102. The molecule has 0 radical (unpaired) electrons. The van der Waals surface area contributed by atoms with Crippen LogP contribution < -0.4 is 5.73 Å². The summed E-state index contributed by atoms with van der Waals surface area (Å²) in [6.07, 6.45) is 2.05. The number of guanidine groups is 1. The van der Waals surface area contributed by atoms with Crippen LogP contribution >= 0.6 is 11.3 Å². The van der Waals surface area contributed by atoms with Gasteiger partial charge in [-0.05, 0) is 55.5 Å². The zero-order valence-corrected chi connectivity index (χ0v) is 15.9. The van der Waals surface area contributed by atoms with Crippen molar-refractivity contribution in [2.45, 2.75) is 25.3 Å². The van der Waals surface area contributed by atoms with E-state index in [-0.39, 0.29) is 23.3 Å². The van der Waals surface area contributed by atoms with Crippen LogP contribution in [0.15, 0.2) is 35.3 Å². The van der Waals surface area contributed by atoms with Crippen LogP contribution in [0.2, 0.25) is 0 Å². The number of rotatable bonds is 3. The van der Waals surface area contributed by atoms with E-state index in [4.69, 9.17) is 16.0 Å². The third-order valence-electron chi connectivity index (χ3n) is 5.46. The summed E-state index contributed by atoms with van der Waals surface area (Å²) < 4.78 is 13.6. The maximum absolute atomic E-state index is 13.6. The molecule has 0 unspecified atom stereocenters. The van der Waals surface area contributed by atoms with Gasteiger partial charge in [0.2, 0.25) is 5.91 Å². The molecule has 4 rings (SSSR count). The molecule has 2 N–H and O–H groups in total. The van der Waals surface area contributed by atoms with Gasteiger partial charge in [0.05, 0.1) is 11.5 Å². The van der Waals surface area contributed by atoms with Crippen molar-refractivity contribution < 1.29 is 9.18 Å². The summed E-state index contributed by atoms with van der Waals surface area (Å²) in [4.78, 5) is 20.9. The molecule has 1 fully saturated rings. The molecule has 27 heavy (non-hydrogen) atoms. The highest BCUT2D eigenvalue weighted by Crippen LogP contribution is 2.52. The van der Waals surface area contributed by atoms with Gasteiger partial charge in [-0.2, -0.15) is 5.26 Å². The van der Waals surface area contributed by atoms with E-state index in [1.54, 1.807) is 19.2 Å². The number of carbonyl (C=O) groups is 1. The molecule has 138 valence electrons. The van der Waals surface area contributed by atoms with Crippen LogP contribution in [0.25, 0.3) is 10.4 Å². The molecule has 1 saturated carbocycles. The molecule has 2 aliphatic rings. The minimum Gasteiger partial charge on any atom is -0.369 e. The average Bonchev–Trinajstić information content (AvgIpc) is 3.33. The first-order valence-corrected chi connectivity index (χ1v) is 9.60. The molecule has 0 saturated heterocycles. The topological polar surface area (TPSA) is 82.5 Å². The lowest BCUT2D eigenvalue weighted by molar-refractivity contribution is -0.134. The quantitative estimate of drug-likeness (QED) is 0.882. The highest BCUT2D eigenvalue weighted by Gasteiger charge is 2.53. The number of carbonyl (C=O) groups excluding carboxylic acids is 1. The summed E-state index contributed by atoms with van der Waals surface area (Å²) in [7, 11) is 1.66. The van der Waals surface area contributed by atoms with Crippen molar-refractivity contribution in [1.82, 2.24) is 4.90 Å². The van der Waals surface area contributed by atoms with Crippen LogP contribution in [0.3, 0.4) is 0 Å². The van der Waals surface area contributed by atoms with Gasteiger partial charge in [0.15, 0.2) is 5.96 Å². The minimum atomic E-state index is -0.712. The van der Waals surface area contributed by atoms with Gasteiger partial charge in [-0.1, -0.05) is 6.07 Å². The third-order valence-corrected chi connectivity index (χ3v) is 6.82. The van der Waals surface area contributed by atoms with E-state index in [1.807, 2.05) is 25.1 Å². The second-order valence-electron chi connectivity index (χ2n) is 7.30. The van der Waals surface area contributed by atoms with Crippen molar-refractivity contribution in [1.29, 1.82) is 5.26 Å². The molecule has 0 bridgehead atoms. The van der Waals surface area contributed by atoms with Crippen molar-refractivity contribution in [2.24, 2.45) is 22.6 Å². The fraction of sp³-hybridized carbons (Fsp3) is 0.350. The molecular formula is C20H19FN4OS. The van der Waals surface area contributed by atoms with E-state index in [2.05, 4.69) is 0 Å². The van der Waals surface area contributed by atoms with E-state index < -0.39 is 11.4 Å². The molecule has 1 amide bonds. The zero-order valence-electron chi connectivity index (χ0n) is 15.1. The van der Waals surface area contributed by atoms with Gasteiger partial charge >= 0.3 is 0 Å². The van der Waals surface area contributed by atoms with Crippen LogP contribution in [0, 0.1) is 29.0 Å². The number of hydrogen-bond acceptors (Lipinski definition) is 5. The highest BCUT2D eigenvalue weighted by molar-refractivity contribution is 7.15. The smallest absolute Gasteiger partial charge is 0.235 e. The SMILES string of the molecule is CN1C(=O)[C@@H](C2CC2)[C@@](C)(c2ccc(-c3ccc(F)c(C#N)c3)s2)N=C1N. The van der Waals surface area contributed by atoms with Gasteiger partial charge in [-0.15, -0.1) is 11.3 Å². The largest absolute Gasteiger partial charge is 0.369 e. The Bertz CT molecular complexity index is 1000. The van der Waals surface area contributed by atoms with Crippen LogP contribution in [0.1, 0.15) is 30.2 Å². The molecule has 1 aromatic heterocycles. The Labute approximate surface area is 160 Å². The Hall–Kier alpha value is -2.72. The number of thiophene rings is 1. The van der Waals surface area contributed by atoms with E-state index in [1.165, 1.54) is 22.3 Å². The van der Waals surface area contributed by atoms with Crippen LogP contribution in [-0.4, -0.2) is 23.8 Å². The van der Waals surface area contributed by atoms with E-state index in [0.29, 0.717) is 5.92 Å². The number of nitriles is 1. The normalized spacial score (nSPS) is 25.3. The summed E-state index contributed by atoms with van der Waals surface area (Å²) in [6, 6.07) is 10.3. The fourth-order valence-corrected chi connectivity index (χ4v) is 4.91. The first-order chi connectivity index (χ1) is 12.8. The Morgan fingerprint density at radius 1 is 1.37 bits per heavy atom. The summed E-state index contributed by atoms with van der Waals surface area (Å²) >= 11 is 1.51. The van der Waals surface area contributed by atoms with Gasteiger partial charge in [-0.25, -0.2) is 9.38 Å². The third kappa shape index (κ3) is 2.81. The number of halogens is 1. The van der Waals surface area contributed by atoms with Crippen molar-refractivity contribution in [3.05, 3.63) is 46.6 Å². The molecule has 7 heteroatoms. The van der Waals surface area contributed by atoms with E-state index in [0.717, 1.165) is 28.2 Å². The van der Waals surface area contributed by atoms with Gasteiger partial charge in [0, 0.05) is 16.8 Å². The van der Waals surface area contributed by atoms with Crippen molar-refractivity contribution in [3.8, 4) is 16.5 Å². The summed E-state index contributed by atoms with van der Waals surface area (Å²) in [5, 5.41) is 9.07. The molecular weight excluding hydrogens is 363 g/mol. The second kappa shape index (κ2) is 6.17. The highest BCUT2D eigenvalue weighted by atomic mass is 32.1. The average molecular weight is 382 g/mol. The monoisotopic (exact) mass is 382 g/mol. The molecule has 2 aromatic rings. The van der Waals surface area contributed by atoms with Gasteiger partial charge in [0.25, 0.3) is 0 Å². The fourth-order valence-electron chi connectivity index (χ4n) is 3.77. The summed E-state index contributed by atoms with van der Waals surface area (Å²) in [6.45, 7) is 1.97. The second-order valence-corrected chi connectivity index (χ2v) is 8.38. The number of hydrogen-bond donors (Lipinski definition) is 1. The maximum atomic E-state index is 13.6. The number of nitrogens with two attached hydrogens (primary N) is 1. The van der Waals surface area contributed by atoms with Gasteiger partial charge < -0.3 is 5.73 Å². The van der Waals surface area contributed by atoms with Crippen molar-refractivity contribution in [3.63, 3.8) is 0 Å². The predicted octanol–water partition coefficient (Wildman–Crippen LogP) is 3.45. The van der Waals surface area contributed by atoms with Crippen molar-refractivity contribution >= 4 is 23.2 Å². The van der Waals surface area contributed by atoms with E-state index >= 15 is 0 Å². The van der Waals surface area contributed by atoms with Crippen molar-refractivity contribution in [2.75, 3.05) is 7.05 Å². The number of nitrogens with zero attached hydrogens (tertiary/aromatic N) is 3. The van der Waals surface area contributed by atoms with Crippen LogP contribution in [0.5, 0.6) is 0 Å². The molecule has 5 nitrogen and oxygen atoms in total. The molecule has 2 heterocycles.